The zero-order chi connectivity index (χ0) is 14.7. The number of nitrogens with zero attached hydrogens (tertiary/aromatic N) is 2. The van der Waals surface area contributed by atoms with Gasteiger partial charge in [-0.15, -0.1) is 0 Å². The minimum Gasteiger partial charge on any atom is -0.490 e. The number of benzene rings is 1. The fourth-order valence-corrected chi connectivity index (χ4v) is 2.28. The van der Waals surface area contributed by atoms with Crippen molar-refractivity contribution in [3.8, 4) is 5.75 Å². The summed E-state index contributed by atoms with van der Waals surface area (Å²) in [4.78, 5) is 12.5. The molecule has 2 rings (SSSR count). The van der Waals surface area contributed by atoms with Crippen molar-refractivity contribution in [3.05, 3.63) is 28.3 Å². The molecule has 1 aliphatic heterocycles. The molecule has 1 aliphatic rings. The number of rotatable bonds is 4. The van der Waals surface area contributed by atoms with E-state index in [9.17, 15) is 15.2 Å². The highest BCUT2D eigenvalue weighted by Crippen LogP contribution is 2.33. The smallest absolute Gasteiger partial charge is 0.311 e. The summed E-state index contributed by atoms with van der Waals surface area (Å²) < 4.78 is 10.6. The Bertz CT molecular complexity index is 494. The van der Waals surface area contributed by atoms with Crippen molar-refractivity contribution in [3.63, 3.8) is 0 Å². The Labute approximate surface area is 116 Å². The van der Waals surface area contributed by atoms with E-state index in [2.05, 4.69) is 4.90 Å². The zero-order valence-electron chi connectivity index (χ0n) is 11.5. The van der Waals surface area contributed by atoms with Gasteiger partial charge in [0.15, 0.2) is 5.75 Å². The standard InChI is InChI=1S/C13H18N2O5/c1-9-8-20-11(7-16)6-14(9)10-3-4-12(15(17)18)13(5-10)19-2/h3-5,9,11,16H,6-8H2,1-2H3. The Morgan fingerprint density at radius 2 is 2.35 bits per heavy atom. The number of aliphatic hydroxyl groups is 1. The summed E-state index contributed by atoms with van der Waals surface area (Å²) in [6.45, 7) is 3.00. The molecule has 2 atom stereocenters. The highest BCUT2D eigenvalue weighted by atomic mass is 16.6. The molecule has 0 aromatic heterocycles. The van der Waals surface area contributed by atoms with E-state index in [-0.39, 0.29) is 30.2 Å². The van der Waals surface area contributed by atoms with Gasteiger partial charge in [0.05, 0.1) is 31.4 Å². The molecule has 1 fully saturated rings. The van der Waals surface area contributed by atoms with Crippen LogP contribution < -0.4 is 9.64 Å². The quantitative estimate of drug-likeness (QED) is 0.659. The molecule has 1 aromatic rings. The van der Waals surface area contributed by atoms with Crippen molar-refractivity contribution in [1.29, 1.82) is 0 Å². The molecule has 7 heteroatoms. The van der Waals surface area contributed by atoms with Crippen LogP contribution in [0, 0.1) is 10.1 Å². The maximum absolute atomic E-state index is 10.9. The Kier molecular flexibility index (Phi) is 4.41. The molecule has 1 heterocycles. The maximum Gasteiger partial charge on any atom is 0.311 e. The van der Waals surface area contributed by atoms with E-state index in [4.69, 9.17) is 9.47 Å². The second kappa shape index (κ2) is 6.06. The van der Waals surface area contributed by atoms with Gasteiger partial charge >= 0.3 is 5.69 Å². The second-order valence-corrected chi connectivity index (χ2v) is 4.75. The summed E-state index contributed by atoms with van der Waals surface area (Å²) in [5.74, 6) is 0.228. The average Bonchev–Trinajstić information content (AvgIpc) is 2.47. The van der Waals surface area contributed by atoms with Gasteiger partial charge in [0, 0.05) is 30.4 Å². The summed E-state index contributed by atoms with van der Waals surface area (Å²) in [6, 6.07) is 4.90. The average molecular weight is 282 g/mol. The molecule has 1 saturated heterocycles. The molecule has 0 bridgehead atoms. The summed E-state index contributed by atoms with van der Waals surface area (Å²) in [6.07, 6.45) is -0.243. The lowest BCUT2D eigenvalue weighted by Crippen LogP contribution is -2.49. The summed E-state index contributed by atoms with van der Waals surface area (Å²) in [7, 11) is 1.41. The van der Waals surface area contributed by atoms with Crippen molar-refractivity contribution in [2.75, 3.05) is 31.8 Å². The third kappa shape index (κ3) is 2.83. The highest BCUT2D eigenvalue weighted by Gasteiger charge is 2.27. The van der Waals surface area contributed by atoms with Gasteiger partial charge in [-0.1, -0.05) is 0 Å². The predicted octanol–water partition coefficient (Wildman–Crippen LogP) is 1.19. The van der Waals surface area contributed by atoms with Gasteiger partial charge < -0.3 is 19.5 Å². The van der Waals surface area contributed by atoms with E-state index in [1.54, 1.807) is 12.1 Å². The fourth-order valence-electron chi connectivity index (χ4n) is 2.28. The number of aliphatic hydroxyl groups excluding tert-OH is 1. The first-order valence-corrected chi connectivity index (χ1v) is 6.38. The lowest BCUT2D eigenvalue weighted by molar-refractivity contribution is -0.385. The van der Waals surface area contributed by atoms with Crippen molar-refractivity contribution in [1.82, 2.24) is 0 Å². The van der Waals surface area contributed by atoms with Crippen molar-refractivity contribution in [2.45, 2.75) is 19.1 Å². The number of nitro benzene ring substituents is 1. The van der Waals surface area contributed by atoms with Gasteiger partial charge in [0.1, 0.15) is 0 Å². The molecule has 0 saturated carbocycles. The molecule has 110 valence electrons. The van der Waals surface area contributed by atoms with Crippen LogP contribution >= 0.6 is 0 Å². The molecule has 0 spiro atoms. The van der Waals surface area contributed by atoms with Crippen molar-refractivity contribution in [2.24, 2.45) is 0 Å². The van der Waals surface area contributed by atoms with Crippen LogP contribution in [-0.2, 0) is 4.74 Å². The highest BCUT2D eigenvalue weighted by molar-refractivity contribution is 5.60. The molecule has 0 amide bonds. The third-order valence-corrected chi connectivity index (χ3v) is 3.40. The first-order chi connectivity index (χ1) is 9.56. The maximum atomic E-state index is 10.9. The lowest BCUT2D eigenvalue weighted by atomic mass is 10.1. The van der Waals surface area contributed by atoms with E-state index in [1.165, 1.54) is 13.2 Å². The second-order valence-electron chi connectivity index (χ2n) is 4.75. The largest absolute Gasteiger partial charge is 0.490 e. The van der Waals surface area contributed by atoms with Crippen LogP contribution in [-0.4, -0.2) is 49.0 Å². The van der Waals surface area contributed by atoms with Crippen molar-refractivity contribution >= 4 is 11.4 Å². The molecule has 0 aliphatic carbocycles. The van der Waals surface area contributed by atoms with E-state index < -0.39 is 4.92 Å². The predicted molar refractivity (Wildman–Crippen MR) is 73.3 cm³/mol. The van der Waals surface area contributed by atoms with E-state index in [1.807, 2.05) is 6.92 Å². The Balaban J connectivity index is 2.29. The summed E-state index contributed by atoms with van der Waals surface area (Å²) in [5, 5.41) is 20.1. The molecular formula is C13H18N2O5. The number of morpholine rings is 1. The molecular weight excluding hydrogens is 264 g/mol. The van der Waals surface area contributed by atoms with Gasteiger partial charge in [0.2, 0.25) is 0 Å². The number of methoxy groups -OCH3 is 1. The molecule has 1 aromatic carbocycles. The van der Waals surface area contributed by atoms with Crippen LogP contribution in [0.5, 0.6) is 5.75 Å². The van der Waals surface area contributed by atoms with Crippen LogP contribution in [0.1, 0.15) is 6.92 Å². The lowest BCUT2D eigenvalue weighted by Gasteiger charge is -2.39. The topological polar surface area (TPSA) is 85.1 Å². The van der Waals surface area contributed by atoms with Crippen LogP contribution in [0.4, 0.5) is 11.4 Å². The Morgan fingerprint density at radius 1 is 1.60 bits per heavy atom. The molecule has 1 N–H and O–H groups in total. The Morgan fingerprint density at radius 3 is 2.95 bits per heavy atom. The van der Waals surface area contributed by atoms with E-state index >= 15 is 0 Å². The number of anilines is 1. The summed E-state index contributed by atoms with van der Waals surface area (Å²) in [5.41, 5.74) is 0.762. The van der Waals surface area contributed by atoms with Crippen LogP contribution in [0.3, 0.4) is 0 Å². The normalized spacial score (nSPS) is 22.6. The minimum atomic E-state index is -0.470. The van der Waals surface area contributed by atoms with Crippen molar-refractivity contribution < 1.29 is 19.5 Å². The molecule has 0 radical (unpaired) electrons. The number of ether oxygens (including phenoxy) is 2. The van der Waals surface area contributed by atoms with Gasteiger partial charge in [-0.3, -0.25) is 10.1 Å². The van der Waals surface area contributed by atoms with Crippen LogP contribution in [0.2, 0.25) is 0 Å². The first kappa shape index (κ1) is 14.5. The van der Waals surface area contributed by atoms with Gasteiger partial charge in [-0.2, -0.15) is 0 Å². The van der Waals surface area contributed by atoms with E-state index in [0.29, 0.717) is 13.2 Å². The van der Waals surface area contributed by atoms with Crippen LogP contribution in [0.15, 0.2) is 18.2 Å². The first-order valence-electron chi connectivity index (χ1n) is 6.38. The number of nitro groups is 1. The van der Waals surface area contributed by atoms with Gasteiger partial charge in [-0.05, 0) is 13.0 Å². The Hall–Kier alpha value is -1.86. The van der Waals surface area contributed by atoms with Gasteiger partial charge in [0.25, 0.3) is 0 Å². The van der Waals surface area contributed by atoms with E-state index in [0.717, 1.165) is 5.69 Å². The fraction of sp³-hybridized carbons (Fsp3) is 0.538. The molecule has 2 unspecified atom stereocenters. The number of hydrogen-bond donors (Lipinski definition) is 1. The SMILES string of the molecule is COc1cc(N2CC(CO)OCC2C)ccc1[N+](=O)[O-]. The third-order valence-electron chi connectivity index (χ3n) is 3.40. The monoisotopic (exact) mass is 282 g/mol. The minimum absolute atomic E-state index is 0.0483. The zero-order valence-corrected chi connectivity index (χ0v) is 11.5. The molecule has 20 heavy (non-hydrogen) atoms. The molecule has 7 nitrogen and oxygen atoms in total. The van der Waals surface area contributed by atoms with Crippen LogP contribution in [0.25, 0.3) is 0 Å². The summed E-state index contributed by atoms with van der Waals surface area (Å²) >= 11 is 0. The van der Waals surface area contributed by atoms with Gasteiger partial charge in [-0.25, -0.2) is 0 Å². The number of hydrogen-bond acceptors (Lipinski definition) is 6.